The van der Waals surface area contributed by atoms with E-state index in [1.807, 2.05) is 4.90 Å². The van der Waals surface area contributed by atoms with Gasteiger partial charge >= 0.3 is 0 Å². The van der Waals surface area contributed by atoms with Crippen LogP contribution in [0.2, 0.25) is 5.02 Å². The average molecular weight is 365 g/mol. The van der Waals surface area contributed by atoms with E-state index in [4.69, 9.17) is 11.6 Å². The lowest BCUT2D eigenvalue weighted by Gasteiger charge is -2.47. The van der Waals surface area contributed by atoms with Crippen LogP contribution in [-0.4, -0.2) is 59.0 Å². The molecule has 2 fully saturated rings. The summed E-state index contributed by atoms with van der Waals surface area (Å²) < 4.78 is 0. The molecule has 0 aromatic heterocycles. The van der Waals surface area contributed by atoms with Gasteiger partial charge in [-0.15, -0.1) is 0 Å². The van der Waals surface area contributed by atoms with Crippen LogP contribution in [0.15, 0.2) is 24.3 Å². The molecule has 1 N–H and O–H groups in total. The maximum atomic E-state index is 12.7. The van der Waals surface area contributed by atoms with Gasteiger partial charge in [0.15, 0.2) is 0 Å². The Morgan fingerprint density at radius 1 is 1.32 bits per heavy atom. The molecule has 6 heteroatoms. The minimum atomic E-state index is -0.511. The lowest BCUT2D eigenvalue weighted by molar-refractivity contribution is -0.140. The van der Waals surface area contributed by atoms with Crippen molar-refractivity contribution in [3.63, 3.8) is 0 Å². The van der Waals surface area contributed by atoms with Gasteiger partial charge in [-0.1, -0.05) is 17.7 Å². The Balaban J connectivity index is 1.63. The minimum Gasteiger partial charge on any atom is -0.392 e. The maximum Gasteiger partial charge on any atom is 0.253 e. The van der Waals surface area contributed by atoms with Gasteiger partial charge in [0.2, 0.25) is 5.91 Å². The minimum absolute atomic E-state index is 0.0186. The van der Waals surface area contributed by atoms with Crippen LogP contribution in [0.1, 0.15) is 43.0 Å². The van der Waals surface area contributed by atoms with E-state index in [2.05, 4.69) is 0 Å². The predicted octanol–water partition coefficient (Wildman–Crippen LogP) is 2.57. The molecule has 1 aromatic carbocycles. The molecule has 1 spiro atoms. The summed E-state index contributed by atoms with van der Waals surface area (Å²) in [5, 5.41) is 10.2. The Bertz CT molecular complexity index is 654. The fourth-order valence-electron chi connectivity index (χ4n) is 3.98. The monoisotopic (exact) mass is 364 g/mol. The first-order chi connectivity index (χ1) is 11.9. The van der Waals surface area contributed by atoms with Crippen LogP contribution in [-0.2, 0) is 4.79 Å². The fourth-order valence-corrected chi connectivity index (χ4v) is 4.17. The van der Waals surface area contributed by atoms with Crippen LogP contribution < -0.4 is 0 Å². The van der Waals surface area contributed by atoms with Gasteiger partial charge in [-0.2, -0.15) is 0 Å². The summed E-state index contributed by atoms with van der Waals surface area (Å²) >= 11 is 5.99. The van der Waals surface area contributed by atoms with Crippen LogP contribution >= 0.6 is 11.6 Å². The maximum absolute atomic E-state index is 12.7. The summed E-state index contributed by atoms with van der Waals surface area (Å²) in [6, 6.07) is 7.06. The van der Waals surface area contributed by atoms with Gasteiger partial charge in [0.25, 0.3) is 5.91 Å². The van der Waals surface area contributed by atoms with Crippen LogP contribution in [0.4, 0.5) is 0 Å². The van der Waals surface area contributed by atoms with E-state index in [0.29, 0.717) is 43.2 Å². The number of amides is 2. The Morgan fingerprint density at radius 2 is 2.04 bits per heavy atom. The lowest BCUT2D eigenvalue weighted by atomic mass is 9.72. The van der Waals surface area contributed by atoms with Gasteiger partial charge in [-0.25, -0.2) is 0 Å². The summed E-state index contributed by atoms with van der Waals surface area (Å²) in [7, 11) is 0. The van der Waals surface area contributed by atoms with E-state index in [-0.39, 0.29) is 17.2 Å². The van der Waals surface area contributed by atoms with Gasteiger partial charge in [0, 0.05) is 43.2 Å². The third kappa shape index (κ3) is 4.15. The number of piperidine rings is 2. The standard InChI is InChI=1S/C19H25ClN2O3/c1-14(23)12-22-13-19(6-5-17(22)24)7-9-21(10-8-19)18(25)15-3-2-4-16(20)11-15/h2-4,11,14,23H,5-10,12-13H2,1H3/t14-/m0/s1. The van der Waals surface area contributed by atoms with Crippen molar-refractivity contribution in [2.24, 2.45) is 5.41 Å². The molecule has 2 aliphatic heterocycles. The van der Waals surface area contributed by atoms with E-state index in [9.17, 15) is 14.7 Å². The molecule has 1 aromatic rings. The van der Waals surface area contributed by atoms with E-state index in [0.717, 1.165) is 19.3 Å². The largest absolute Gasteiger partial charge is 0.392 e. The first kappa shape index (κ1) is 18.2. The zero-order valence-corrected chi connectivity index (χ0v) is 15.3. The van der Waals surface area contributed by atoms with E-state index >= 15 is 0 Å². The number of halogens is 1. The highest BCUT2D eigenvalue weighted by molar-refractivity contribution is 6.30. The van der Waals surface area contributed by atoms with Crippen molar-refractivity contribution in [1.82, 2.24) is 9.80 Å². The molecule has 2 saturated heterocycles. The van der Waals surface area contributed by atoms with Gasteiger partial charge < -0.3 is 14.9 Å². The average Bonchev–Trinajstić information content (AvgIpc) is 2.58. The van der Waals surface area contributed by atoms with Crippen molar-refractivity contribution in [3.05, 3.63) is 34.9 Å². The highest BCUT2D eigenvalue weighted by Gasteiger charge is 2.41. The molecule has 0 saturated carbocycles. The number of nitrogens with zero attached hydrogens (tertiary/aromatic N) is 2. The zero-order valence-electron chi connectivity index (χ0n) is 14.6. The molecule has 25 heavy (non-hydrogen) atoms. The van der Waals surface area contributed by atoms with Crippen LogP contribution in [0.25, 0.3) is 0 Å². The smallest absolute Gasteiger partial charge is 0.253 e. The number of β-amino-alcohol motifs (C(OH)–C–C–N with tert-alkyl or cyclic N) is 1. The molecule has 5 nitrogen and oxygen atoms in total. The van der Waals surface area contributed by atoms with E-state index in [1.54, 1.807) is 36.1 Å². The van der Waals surface area contributed by atoms with Gasteiger partial charge in [0.1, 0.15) is 0 Å². The van der Waals surface area contributed by atoms with Crippen molar-refractivity contribution >= 4 is 23.4 Å². The number of carbonyl (C=O) groups is 2. The molecule has 136 valence electrons. The van der Waals surface area contributed by atoms with E-state index < -0.39 is 6.10 Å². The fraction of sp³-hybridized carbons (Fsp3) is 0.579. The highest BCUT2D eigenvalue weighted by atomic mass is 35.5. The summed E-state index contributed by atoms with van der Waals surface area (Å²) in [5.74, 6) is 0.147. The molecular formula is C19H25ClN2O3. The number of hydrogen-bond acceptors (Lipinski definition) is 3. The molecule has 0 bridgehead atoms. The SMILES string of the molecule is C[C@H](O)CN1CC2(CCC1=O)CCN(C(=O)c1cccc(Cl)c1)CC2. The zero-order chi connectivity index (χ0) is 18.0. The number of hydrogen-bond donors (Lipinski definition) is 1. The van der Waals surface area contributed by atoms with Crippen molar-refractivity contribution < 1.29 is 14.7 Å². The number of benzene rings is 1. The quantitative estimate of drug-likeness (QED) is 0.896. The number of rotatable bonds is 3. The Morgan fingerprint density at radius 3 is 2.68 bits per heavy atom. The first-order valence-electron chi connectivity index (χ1n) is 8.89. The lowest BCUT2D eigenvalue weighted by Crippen LogP contribution is -2.53. The summed E-state index contributed by atoms with van der Waals surface area (Å²) in [5.41, 5.74) is 0.700. The van der Waals surface area contributed by atoms with Crippen LogP contribution in [0, 0.1) is 5.41 Å². The summed E-state index contributed by atoms with van der Waals surface area (Å²) in [6.45, 7) is 4.19. The highest BCUT2D eigenvalue weighted by Crippen LogP contribution is 2.40. The molecule has 2 amide bonds. The van der Waals surface area contributed by atoms with Gasteiger partial charge in [-0.05, 0) is 49.8 Å². The molecule has 2 aliphatic rings. The van der Waals surface area contributed by atoms with Gasteiger partial charge in [-0.3, -0.25) is 9.59 Å². The van der Waals surface area contributed by atoms with Gasteiger partial charge in [0.05, 0.1) is 6.10 Å². The molecular weight excluding hydrogens is 340 g/mol. The molecule has 0 aliphatic carbocycles. The van der Waals surface area contributed by atoms with Crippen molar-refractivity contribution in [1.29, 1.82) is 0 Å². The Labute approximate surface area is 153 Å². The van der Waals surface area contributed by atoms with Crippen LogP contribution in [0.3, 0.4) is 0 Å². The van der Waals surface area contributed by atoms with Crippen molar-refractivity contribution in [2.75, 3.05) is 26.2 Å². The summed E-state index contributed by atoms with van der Waals surface area (Å²) in [6.07, 6.45) is 2.69. The van der Waals surface area contributed by atoms with Crippen LogP contribution in [0.5, 0.6) is 0 Å². The molecule has 0 unspecified atom stereocenters. The number of likely N-dealkylation sites (tertiary alicyclic amines) is 2. The second-order valence-corrected chi connectivity index (χ2v) is 7.86. The third-order valence-electron chi connectivity index (χ3n) is 5.42. The normalized spacial score (nSPS) is 21.5. The topological polar surface area (TPSA) is 60.9 Å². The molecule has 0 radical (unpaired) electrons. The van der Waals surface area contributed by atoms with Crippen molar-refractivity contribution in [3.8, 4) is 0 Å². The molecule has 3 rings (SSSR count). The number of aliphatic hydroxyl groups excluding tert-OH is 1. The number of carbonyl (C=O) groups excluding carboxylic acids is 2. The predicted molar refractivity (Wildman–Crippen MR) is 96.5 cm³/mol. The van der Waals surface area contributed by atoms with E-state index in [1.165, 1.54) is 0 Å². The third-order valence-corrected chi connectivity index (χ3v) is 5.65. The number of aliphatic hydroxyl groups is 1. The molecule has 1 atom stereocenters. The second kappa shape index (κ2) is 7.34. The Hall–Kier alpha value is -1.59. The second-order valence-electron chi connectivity index (χ2n) is 7.43. The summed E-state index contributed by atoms with van der Waals surface area (Å²) in [4.78, 5) is 28.4. The first-order valence-corrected chi connectivity index (χ1v) is 9.27. The molecule has 2 heterocycles. The van der Waals surface area contributed by atoms with Crippen molar-refractivity contribution in [2.45, 2.75) is 38.7 Å². The Kier molecular flexibility index (Phi) is 5.35.